The quantitative estimate of drug-likeness (QED) is 0.917. The Morgan fingerprint density at radius 3 is 2.68 bits per heavy atom. The Kier molecular flexibility index (Phi) is 4.46. The average Bonchev–Trinajstić information content (AvgIpc) is 3.04. The van der Waals surface area contributed by atoms with Crippen molar-refractivity contribution in [3.63, 3.8) is 0 Å². The van der Waals surface area contributed by atoms with Gasteiger partial charge in [0.1, 0.15) is 4.88 Å². The molecule has 122 valence electrons. The number of hydrogen-bond donors (Lipinski definition) is 1. The van der Waals surface area contributed by atoms with Gasteiger partial charge >= 0.3 is 12.1 Å². The number of aromatic nitrogens is 1. The Labute approximate surface area is 128 Å². The molecule has 1 N–H and O–H groups in total. The number of halogens is 3. The summed E-state index contributed by atoms with van der Waals surface area (Å²) in [7, 11) is 0. The van der Waals surface area contributed by atoms with E-state index in [4.69, 9.17) is 5.11 Å². The number of amides is 1. The molecule has 1 atom stereocenters. The number of likely N-dealkylation sites (tertiary alicyclic amines) is 1. The minimum atomic E-state index is -4.89. The van der Waals surface area contributed by atoms with Crippen LogP contribution >= 0.6 is 11.3 Å². The van der Waals surface area contributed by atoms with E-state index in [2.05, 4.69) is 4.98 Å². The number of alkyl halides is 3. The molecule has 0 spiro atoms. The number of nitrogens with zero attached hydrogens (tertiary/aromatic N) is 2. The van der Waals surface area contributed by atoms with E-state index >= 15 is 0 Å². The van der Waals surface area contributed by atoms with Crippen molar-refractivity contribution < 1.29 is 27.9 Å². The van der Waals surface area contributed by atoms with E-state index < -0.39 is 36.4 Å². The van der Waals surface area contributed by atoms with Gasteiger partial charge in [-0.05, 0) is 19.3 Å². The normalized spacial score (nSPS) is 22.1. The van der Waals surface area contributed by atoms with E-state index in [1.807, 2.05) is 6.92 Å². The molecular formula is C13H15F3N2O3S. The van der Waals surface area contributed by atoms with Crippen molar-refractivity contribution in [2.45, 2.75) is 32.4 Å². The highest BCUT2D eigenvalue weighted by Gasteiger charge is 2.64. The van der Waals surface area contributed by atoms with Gasteiger partial charge in [-0.25, -0.2) is 4.98 Å². The fraction of sp³-hybridized carbons (Fsp3) is 0.615. The predicted molar refractivity (Wildman–Crippen MR) is 72.8 cm³/mol. The molecular weight excluding hydrogens is 321 g/mol. The monoisotopic (exact) mass is 336 g/mol. The van der Waals surface area contributed by atoms with Crippen molar-refractivity contribution in [2.24, 2.45) is 5.41 Å². The lowest BCUT2D eigenvalue weighted by molar-refractivity contribution is -0.227. The second-order valence-corrected chi connectivity index (χ2v) is 6.35. The van der Waals surface area contributed by atoms with Gasteiger partial charge in [0.2, 0.25) is 0 Å². The van der Waals surface area contributed by atoms with Crippen LogP contribution in [0.15, 0.2) is 6.20 Å². The van der Waals surface area contributed by atoms with Gasteiger partial charge in [-0.2, -0.15) is 13.2 Å². The summed E-state index contributed by atoms with van der Waals surface area (Å²) in [5.74, 6) is -2.53. The van der Waals surface area contributed by atoms with Crippen LogP contribution in [0.1, 0.15) is 34.4 Å². The molecule has 1 aliphatic heterocycles. The van der Waals surface area contributed by atoms with Crippen LogP contribution in [0, 0.1) is 5.41 Å². The Hall–Kier alpha value is -1.64. The molecule has 0 saturated carbocycles. The summed E-state index contributed by atoms with van der Waals surface area (Å²) in [5, 5.41) is 9.72. The first-order chi connectivity index (χ1) is 10.2. The van der Waals surface area contributed by atoms with Crippen LogP contribution in [-0.2, 0) is 11.2 Å². The van der Waals surface area contributed by atoms with Crippen molar-refractivity contribution in [2.75, 3.05) is 13.1 Å². The Morgan fingerprint density at radius 2 is 2.18 bits per heavy atom. The lowest BCUT2D eigenvalue weighted by Gasteiger charge is -2.27. The van der Waals surface area contributed by atoms with Crippen LogP contribution in [0.2, 0.25) is 0 Å². The van der Waals surface area contributed by atoms with Gasteiger partial charge in [-0.15, -0.1) is 11.3 Å². The van der Waals surface area contributed by atoms with E-state index in [0.717, 1.165) is 27.7 Å². The van der Waals surface area contributed by atoms with Crippen LogP contribution in [0.4, 0.5) is 13.2 Å². The van der Waals surface area contributed by atoms with E-state index in [1.165, 1.54) is 6.20 Å². The molecule has 1 unspecified atom stereocenters. The van der Waals surface area contributed by atoms with Crippen molar-refractivity contribution in [3.05, 3.63) is 16.1 Å². The van der Waals surface area contributed by atoms with Crippen LogP contribution in [-0.4, -0.2) is 46.1 Å². The van der Waals surface area contributed by atoms with Gasteiger partial charge in [0.05, 0.1) is 11.2 Å². The number of carbonyl (C=O) groups excluding carboxylic acids is 1. The molecule has 1 saturated heterocycles. The fourth-order valence-electron chi connectivity index (χ4n) is 2.40. The topological polar surface area (TPSA) is 70.5 Å². The van der Waals surface area contributed by atoms with Crippen LogP contribution in [0.25, 0.3) is 0 Å². The van der Waals surface area contributed by atoms with Gasteiger partial charge in [-0.3, -0.25) is 9.59 Å². The summed E-state index contributed by atoms with van der Waals surface area (Å²) in [6.07, 6.45) is -2.64. The van der Waals surface area contributed by atoms with Crippen molar-refractivity contribution >= 4 is 23.2 Å². The number of carboxylic acid groups (broad SMARTS) is 1. The summed E-state index contributed by atoms with van der Waals surface area (Å²) in [6.45, 7) is 0.866. The summed E-state index contributed by atoms with van der Waals surface area (Å²) in [5.41, 5.74) is -2.88. The Bertz CT molecular complexity index is 587. The van der Waals surface area contributed by atoms with E-state index in [-0.39, 0.29) is 11.4 Å². The first-order valence-corrected chi connectivity index (χ1v) is 7.57. The van der Waals surface area contributed by atoms with Gasteiger partial charge in [0.15, 0.2) is 5.41 Å². The minimum absolute atomic E-state index is 0.231. The van der Waals surface area contributed by atoms with Gasteiger partial charge < -0.3 is 10.0 Å². The molecule has 9 heteroatoms. The number of thiazole rings is 1. The molecule has 22 heavy (non-hydrogen) atoms. The van der Waals surface area contributed by atoms with Crippen LogP contribution < -0.4 is 0 Å². The van der Waals surface area contributed by atoms with E-state index in [1.54, 1.807) is 0 Å². The molecule has 0 radical (unpaired) electrons. The predicted octanol–water partition coefficient (Wildman–Crippen LogP) is 2.57. The third kappa shape index (κ3) is 2.81. The molecule has 0 aliphatic carbocycles. The van der Waals surface area contributed by atoms with Crippen molar-refractivity contribution in [1.82, 2.24) is 9.88 Å². The van der Waals surface area contributed by atoms with Crippen LogP contribution in [0.3, 0.4) is 0 Å². The maximum atomic E-state index is 13.1. The standard InChI is InChI=1S/C13H15F3N2O3S/c1-2-3-9-17-6-8(22-9)10(19)18-5-4-12(7-18,11(20)21)13(14,15)16/h6H,2-5,7H2,1H3,(H,20,21). The summed E-state index contributed by atoms with van der Waals surface area (Å²) in [4.78, 5) is 28.6. The van der Waals surface area contributed by atoms with Gasteiger partial charge in [0, 0.05) is 13.1 Å². The highest BCUT2D eigenvalue weighted by atomic mass is 32.1. The Balaban J connectivity index is 2.17. The summed E-state index contributed by atoms with van der Waals surface area (Å²) >= 11 is 1.14. The number of hydrogen-bond acceptors (Lipinski definition) is 4. The maximum absolute atomic E-state index is 13.1. The van der Waals surface area contributed by atoms with Crippen molar-refractivity contribution in [1.29, 1.82) is 0 Å². The molecule has 1 aromatic rings. The summed E-state index contributed by atoms with van der Waals surface area (Å²) < 4.78 is 39.2. The lowest BCUT2D eigenvalue weighted by atomic mass is 9.86. The molecule has 1 aromatic heterocycles. The molecule has 1 fully saturated rings. The number of aryl methyl sites for hydroxylation is 1. The molecule has 1 amide bonds. The second-order valence-electron chi connectivity index (χ2n) is 5.23. The lowest BCUT2D eigenvalue weighted by Crippen LogP contribution is -2.47. The fourth-order valence-corrected chi connectivity index (χ4v) is 3.39. The van der Waals surface area contributed by atoms with Gasteiger partial charge in [-0.1, -0.05) is 6.92 Å². The zero-order valence-electron chi connectivity index (χ0n) is 11.8. The zero-order valence-corrected chi connectivity index (χ0v) is 12.6. The molecule has 1 aliphatic rings. The zero-order chi connectivity index (χ0) is 16.5. The van der Waals surface area contributed by atoms with E-state index in [9.17, 15) is 22.8 Å². The third-order valence-electron chi connectivity index (χ3n) is 3.74. The van der Waals surface area contributed by atoms with Crippen molar-refractivity contribution in [3.8, 4) is 0 Å². The molecule has 2 heterocycles. The summed E-state index contributed by atoms with van der Waals surface area (Å²) in [6, 6.07) is 0. The average molecular weight is 336 g/mol. The molecule has 0 aromatic carbocycles. The number of rotatable bonds is 4. The molecule has 5 nitrogen and oxygen atoms in total. The Morgan fingerprint density at radius 1 is 1.50 bits per heavy atom. The number of carboxylic acids is 1. The first-order valence-electron chi connectivity index (χ1n) is 6.75. The number of aliphatic carboxylic acids is 1. The highest BCUT2D eigenvalue weighted by molar-refractivity contribution is 7.13. The van der Waals surface area contributed by atoms with E-state index in [0.29, 0.717) is 6.42 Å². The van der Waals surface area contributed by atoms with Gasteiger partial charge in [0.25, 0.3) is 5.91 Å². The highest BCUT2D eigenvalue weighted by Crippen LogP contribution is 2.46. The smallest absolute Gasteiger partial charge is 0.406 e. The first kappa shape index (κ1) is 16.7. The SMILES string of the molecule is CCCc1ncc(C(=O)N2CCC(C(=O)O)(C(F)(F)F)C2)s1. The minimum Gasteiger partial charge on any atom is -0.481 e. The molecule has 0 bridgehead atoms. The maximum Gasteiger partial charge on any atom is 0.406 e. The molecule has 2 rings (SSSR count). The largest absolute Gasteiger partial charge is 0.481 e. The third-order valence-corrected chi connectivity index (χ3v) is 4.78. The number of carbonyl (C=O) groups is 2. The van der Waals surface area contributed by atoms with Crippen LogP contribution in [0.5, 0.6) is 0 Å². The second kappa shape index (κ2) is 5.86.